The maximum atomic E-state index is 12.1. The molecular formula is C15H22N2O3. The summed E-state index contributed by atoms with van der Waals surface area (Å²) in [6, 6.07) is 9.38. The zero-order valence-electron chi connectivity index (χ0n) is 12.1. The fourth-order valence-electron chi connectivity index (χ4n) is 2.79. The van der Waals surface area contributed by atoms with Gasteiger partial charge in [-0.25, -0.2) is 4.79 Å². The van der Waals surface area contributed by atoms with E-state index in [-0.39, 0.29) is 6.61 Å². The van der Waals surface area contributed by atoms with E-state index >= 15 is 0 Å². The second kappa shape index (κ2) is 6.35. The van der Waals surface area contributed by atoms with Gasteiger partial charge in [-0.05, 0) is 12.6 Å². The van der Waals surface area contributed by atoms with Gasteiger partial charge in [-0.3, -0.25) is 4.90 Å². The molecule has 1 atom stereocenters. The minimum Gasteiger partial charge on any atom is -0.480 e. The van der Waals surface area contributed by atoms with E-state index in [1.165, 1.54) is 0 Å². The number of nitrogens with zero attached hydrogens (tertiary/aromatic N) is 2. The Morgan fingerprint density at radius 2 is 1.85 bits per heavy atom. The highest BCUT2D eigenvalue weighted by atomic mass is 16.5. The van der Waals surface area contributed by atoms with Crippen molar-refractivity contribution in [1.82, 2.24) is 9.80 Å². The lowest BCUT2D eigenvalue weighted by atomic mass is 9.88. The van der Waals surface area contributed by atoms with Gasteiger partial charge in [-0.1, -0.05) is 30.3 Å². The summed E-state index contributed by atoms with van der Waals surface area (Å²) >= 11 is 0. The van der Waals surface area contributed by atoms with Crippen LogP contribution in [-0.4, -0.2) is 67.8 Å². The van der Waals surface area contributed by atoms with Crippen molar-refractivity contribution < 1.29 is 14.6 Å². The number of carbonyl (C=O) groups is 1. The average Bonchev–Trinajstić information content (AvgIpc) is 2.46. The molecule has 1 aromatic carbocycles. The van der Waals surface area contributed by atoms with E-state index in [4.69, 9.17) is 4.74 Å². The van der Waals surface area contributed by atoms with Gasteiger partial charge in [0.25, 0.3) is 0 Å². The molecule has 1 aliphatic rings. The summed E-state index contributed by atoms with van der Waals surface area (Å²) in [6.45, 7) is 3.33. The lowest BCUT2D eigenvalue weighted by molar-refractivity contribution is -0.158. The number of carboxylic acid groups (broad SMARTS) is 1. The second-order valence-electron chi connectivity index (χ2n) is 5.25. The summed E-state index contributed by atoms with van der Waals surface area (Å²) in [5.74, 6) is -0.852. The molecule has 1 fully saturated rings. The quantitative estimate of drug-likeness (QED) is 0.866. The van der Waals surface area contributed by atoms with E-state index in [0.717, 1.165) is 31.7 Å². The van der Waals surface area contributed by atoms with Crippen LogP contribution in [0.2, 0.25) is 0 Å². The molecule has 0 aliphatic carbocycles. The third-order valence-corrected chi connectivity index (χ3v) is 4.00. The lowest BCUT2D eigenvalue weighted by Crippen LogP contribution is -2.60. The van der Waals surface area contributed by atoms with Crippen LogP contribution in [0.4, 0.5) is 0 Å². The molecule has 0 radical (unpaired) electrons. The number of carboxylic acids is 1. The number of rotatable bonds is 5. The van der Waals surface area contributed by atoms with Crippen molar-refractivity contribution in [2.45, 2.75) is 5.54 Å². The predicted molar refractivity (Wildman–Crippen MR) is 76.7 cm³/mol. The summed E-state index contributed by atoms with van der Waals surface area (Å²) in [4.78, 5) is 16.3. The highest BCUT2D eigenvalue weighted by Gasteiger charge is 2.46. The van der Waals surface area contributed by atoms with Crippen molar-refractivity contribution in [2.24, 2.45) is 0 Å². The van der Waals surface area contributed by atoms with Crippen LogP contribution in [0.25, 0.3) is 0 Å². The predicted octanol–water partition coefficient (Wildman–Crippen LogP) is 0.860. The molecule has 0 aromatic heterocycles. The van der Waals surface area contributed by atoms with Gasteiger partial charge in [0.15, 0.2) is 5.54 Å². The van der Waals surface area contributed by atoms with Crippen LogP contribution in [0.1, 0.15) is 5.56 Å². The smallest absolute Gasteiger partial charge is 0.331 e. The molecular weight excluding hydrogens is 256 g/mol. The van der Waals surface area contributed by atoms with E-state index in [0.29, 0.717) is 0 Å². The Labute approximate surface area is 119 Å². The Balaban J connectivity index is 2.40. The minimum absolute atomic E-state index is 0.149. The summed E-state index contributed by atoms with van der Waals surface area (Å²) in [6.07, 6.45) is 0. The first-order valence-electron chi connectivity index (χ1n) is 6.82. The van der Waals surface area contributed by atoms with E-state index < -0.39 is 11.5 Å². The summed E-state index contributed by atoms with van der Waals surface area (Å²) in [7, 11) is 3.61. The van der Waals surface area contributed by atoms with Gasteiger partial charge in [0.1, 0.15) is 0 Å². The first-order valence-corrected chi connectivity index (χ1v) is 6.82. The van der Waals surface area contributed by atoms with Gasteiger partial charge >= 0.3 is 5.97 Å². The standard InChI is InChI=1S/C15H22N2O3/c1-16-8-10-17(11-9-16)15(12-20-2,14(18)19)13-6-4-3-5-7-13/h3-7H,8-12H2,1-2H3,(H,18,19). The van der Waals surface area contributed by atoms with Crippen molar-refractivity contribution in [1.29, 1.82) is 0 Å². The molecule has 1 unspecified atom stereocenters. The van der Waals surface area contributed by atoms with E-state index in [1.54, 1.807) is 7.11 Å². The molecule has 1 heterocycles. The average molecular weight is 278 g/mol. The Bertz CT molecular complexity index is 444. The third kappa shape index (κ3) is 2.70. The fraction of sp³-hybridized carbons (Fsp3) is 0.533. The number of piperazine rings is 1. The number of aliphatic carboxylic acids is 1. The maximum absolute atomic E-state index is 12.1. The van der Waals surface area contributed by atoms with E-state index in [9.17, 15) is 9.90 Å². The topological polar surface area (TPSA) is 53.0 Å². The Morgan fingerprint density at radius 1 is 1.25 bits per heavy atom. The highest BCUT2D eigenvalue weighted by Crippen LogP contribution is 2.30. The summed E-state index contributed by atoms with van der Waals surface area (Å²) < 4.78 is 5.27. The first-order chi connectivity index (χ1) is 9.61. The molecule has 1 saturated heterocycles. The van der Waals surface area contributed by atoms with Crippen LogP contribution in [0.3, 0.4) is 0 Å². The number of methoxy groups -OCH3 is 1. The van der Waals surface area contributed by atoms with E-state index in [1.807, 2.05) is 35.2 Å². The van der Waals surface area contributed by atoms with Crippen molar-refractivity contribution in [2.75, 3.05) is 46.9 Å². The molecule has 0 spiro atoms. The molecule has 5 heteroatoms. The first kappa shape index (κ1) is 15.0. The van der Waals surface area contributed by atoms with Gasteiger partial charge in [-0.2, -0.15) is 0 Å². The van der Waals surface area contributed by atoms with Crippen LogP contribution >= 0.6 is 0 Å². The van der Waals surface area contributed by atoms with Crippen LogP contribution in [0.15, 0.2) is 30.3 Å². The zero-order chi connectivity index (χ0) is 14.6. The lowest BCUT2D eigenvalue weighted by Gasteiger charge is -2.44. The number of hydrogen-bond acceptors (Lipinski definition) is 4. The molecule has 2 rings (SSSR count). The number of benzene rings is 1. The summed E-state index contributed by atoms with van der Waals surface area (Å²) in [5, 5.41) is 9.89. The number of hydrogen-bond donors (Lipinski definition) is 1. The number of ether oxygens (including phenoxy) is 1. The molecule has 1 N–H and O–H groups in total. The van der Waals surface area contributed by atoms with Crippen molar-refractivity contribution in [3.05, 3.63) is 35.9 Å². The maximum Gasteiger partial charge on any atom is 0.331 e. The molecule has 0 saturated carbocycles. The van der Waals surface area contributed by atoms with Gasteiger partial charge in [-0.15, -0.1) is 0 Å². The van der Waals surface area contributed by atoms with Crippen LogP contribution in [0, 0.1) is 0 Å². The third-order valence-electron chi connectivity index (χ3n) is 4.00. The van der Waals surface area contributed by atoms with Crippen molar-refractivity contribution in [3.63, 3.8) is 0 Å². The van der Waals surface area contributed by atoms with E-state index in [2.05, 4.69) is 11.9 Å². The molecule has 1 aliphatic heterocycles. The molecule has 20 heavy (non-hydrogen) atoms. The molecule has 110 valence electrons. The van der Waals surface area contributed by atoms with Crippen LogP contribution < -0.4 is 0 Å². The second-order valence-corrected chi connectivity index (χ2v) is 5.25. The zero-order valence-corrected chi connectivity index (χ0v) is 12.1. The van der Waals surface area contributed by atoms with Gasteiger partial charge in [0, 0.05) is 33.3 Å². The number of likely N-dealkylation sites (N-methyl/N-ethyl adjacent to an activating group) is 1. The van der Waals surface area contributed by atoms with Crippen LogP contribution in [0.5, 0.6) is 0 Å². The SMILES string of the molecule is COCC(C(=O)O)(c1ccccc1)N1CCN(C)CC1. The summed E-state index contributed by atoms with van der Waals surface area (Å²) in [5.41, 5.74) is -0.323. The van der Waals surface area contributed by atoms with Crippen LogP contribution in [-0.2, 0) is 15.1 Å². The molecule has 1 aromatic rings. The largest absolute Gasteiger partial charge is 0.480 e. The molecule has 0 bridgehead atoms. The minimum atomic E-state index is -1.10. The van der Waals surface area contributed by atoms with Gasteiger partial charge in [0.2, 0.25) is 0 Å². The Morgan fingerprint density at radius 3 is 2.35 bits per heavy atom. The Kier molecular flexibility index (Phi) is 4.75. The van der Waals surface area contributed by atoms with Crippen molar-refractivity contribution >= 4 is 5.97 Å². The monoisotopic (exact) mass is 278 g/mol. The fourth-order valence-corrected chi connectivity index (χ4v) is 2.79. The van der Waals surface area contributed by atoms with Gasteiger partial charge in [0.05, 0.1) is 6.61 Å². The van der Waals surface area contributed by atoms with Crippen molar-refractivity contribution in [3.8, 4) is 0 Å². The molecule has 0 amide bonds. The molecule has 5 nitrogen and oxygen atoms in total. The Hall–Kier alpha value is -1.43. The van der Waals surface area contributed by atoms with Gasteiger partial charge < -0.3 is 14.7 Å². The normalized spacial score (nSPS) is 20.5. The highest BCUT2D eigenvalue weighted by molar-refractivity contribution is 5.81.